The van der Waals surface area contributed by atoms with Gasteiger partial charge in [-0.15, -0.1) is 0 Å². The zero-order chi connectivity index (χ0) is 20.2. The molecule has 1 atom stereocenters. The van der Waals surface area contributed by atoms with E-state index in [9.17, 15) is 9.59 Å². The van der Waals surface area contributed by atoms with Gasteiger partial charge in [-0.25, -0.2) is 0 Å². The van der Waals surface area contributed by atoms with Crippen LogP contribution in [0.1, 0.15) is 82.6 Å². The minimum Gasteiger partial charge on any atom is -0.460 e. The Hall–Kier alpha value is -1.86. The predicted molar refractivity (Wildman–Crippen MR) is 105 cm³/mol. The van der Waals surface area contributed by atoms with Crippen molar-refractivity contribution in [1.29, 1.82) is 5.26 Å². The first kappa shape index (κ1) is 24.1. The second-order valence-electron chi connectivity index (χ2n) is 7.13. The summed E-state index contributed by atoms with van der Waals surface area (Å²) in [6, 6.07) is 8.16. The van der Waals surface area contributed by atoms with Crippen LogP contribution in [0.2, 0.25) is 0 Å². The highest BCUT2D eigenvalue weighted by Crippen LogP contribution is 2.20. The zero-order valence-corrected chi connectivity index (χ0v) is 17.2. The normalized spacial score (nSPS) is 11.6. The Kier molecular flexibility index (Phi) is 11.6. The van der Waals surface area contributed by atoms with Gasteiger partial charge in [0.05, 0.1) is 17.6 Å². The van der Waals surface area contributed by atoms with Gasteiger partial charge in [0.1, 0.15) is 5.60 Å². The smallest absolute Gasteiger partial charge is 0.309 e. The minimum absolute atomic E-state index is 0.0159. The predicted octanol–water partition coefficient (Wildman–Crippen LogP) is 5.87. The molecule has 1 aromatic rings. The number of esters is 1. The van der Waals surface area contributed by atoms with Crippen LogP contribution in [-0.2, 0) is 9.53 Å². The average Bonchev–Trinajstić information content (AvgIpc) is 2.57. The largest absolute Gasteiger partial charge is 0.460 e. The van der Waals surface area contributed by atoms with E-state index in [1.807, 2.05) is 26.8 Å². The summed E-state index contributed by atoms with van der Waals surface area (Å²) in [4.78, 5) is 22.4. The number of hydrogen-bond donors (Lipinski definition) is 0. The van der Waals surface area contributed by atoms with E-state index in [2.05, 4.69) is 13.8 Å². The minimum atomic E-state index is -0.540. The van der Waals surface area contributed by atoms with Gasteiger partial charge < -0.3 is 4.74 Å². The van der Waals surface area contributed by atoms with Gasteiger partial charge in [-0.2, -0.15) is 5.26 Å². The number of rotatable bonds is 7. The molecule has 0 spiro atoms. The van der Waals surface area contributed by atoms with E-state index >= 15 is 0 Å². The number of carbonyl (C=O) groups is 2. The van der Waals surface area contributed by atoms with E-state index in [0.717, 1.165) is 32.1 Å². The molecule has 144 valence electrons. The van der Waals surface area contributed by atoms with E-state index in [-0.39, 0.29) is 17.5 Å². The lowest BCUT2D eigenvalue weighted by Crippen LogP contribution is -2.28. The standard InChI is InChI=1S/C13H26O2.C8H4ClNO/c1-6-8-10-11(9-7-2)12(14)15-13(3,4)5;9-8(11)7-3-1-2-6(4-7)5-10/h11H,6-10H2,1-5H3;1-4H. The molecule has 0 aliphatic carbocycles. The van der Waals surface area contributed by atoms with Gasteiger partial charge in [-0.3, -0.25) is 9.59 Å². The maximum Gasteiger partial charge on any atom is 0.309 e. The van der Waals surface area contributed by atoms with Crippen LogP contribution in [-0.4, -0.2) is 16.8 Å². The Morgan fingerprint density at radius 3 is 2.31 bits per heavy atom. The molecule has 0 fully saturated rings. The fraction of sp³-hybridized carbons (Fsp3) is 0.571. The molecule has 0 saturated carbocycles. The summed E-state index contributed by atoms with van der Waals surface area (Å²) in [5.74, 6) is 0.0898. The van der Waals surface area contributed by atoms with Crippen LogP contribution in [0.5, 0.6) is 0 Å². The SMILES string of the molecule is CCCCC(CCC)C(=O)OC(C)(C)C.N#Cc1cccc(C(=O)Cl)c1. The molecule has 1 rings (SSSR count). The van der Waals surface area contributed by atoms with Gasteiger partial charge in [0.15, 0.2) is 0 Å². The third kappa shape index (κ3) is 10.9. The Labute approximate surface area is 162 Å². The molecular weight excluding hydrogens is 350 g/mol. The van der Waals surface area contributed by atoms with Crippen molar-refractivity contribution in [3.63, 3.8) is 0 Å². The molecule has 0 aliphatic heterocycles. The molecule has 0 bridgehead atoms. The number of unbranched alkanes of at least 4 members (excludes halogenated alkanes) is 1. The van der Waals surface area contributed by atoms with Gasteiger partial charge in [-0.1, -0.05) is 45.2 Å². The molecule has 4 nitrogen and oxygen atoms in total. The van der Waals surface area contributed by atoms with Crippen LogP contribution in [0.15, 0.2) is 24.3 Å². The highest BCUT2D eigenvalue weighted by molar-refractivity contribution is 6.67. The average molecular weight is 380 g/mol. The molecule has 0 radical (unpaired) electrons. The number of benzene rings is 1. The first-order valence-corrected chi connectivity index (χ1v) is 9.45. The molecule has 1 unspecified atom stereocenters. The van der Waals surface area contributed by atoms with Gasteiger partial charge in [0.25, 0.3) is 5.24 Å². The molecule has 0 saturated heterocycles. The topological polar surface area (TPSA) is 67.2 Å². The Balaban J connectivity index is 0.000000502. The summed E-state index contributed by atoms with van der Waals surface area (Å²) >= 11 is 5.18. The number of carbonyl (C=O) groups excluding carboxylic acids is 2. The van der Waals surface area contributed by atoms with E-state index < -0.39 is 5.24 Å². The van der Waals surface area contributed by atoms with Crippen molar-refractivity contribution in [3.05, 3.63) is 35.4 Å². The van der Waals surface area contributed by atoms with E-state index in [1.165, 1.54) is 6.07 Å². The summed E-state index contributed by atoms with van der Waals surface area (Å²) in [6.07, 6.45) is 5.23. The fourth-order valence-corrected chi connectivity index (χ4v) is 2.39. The van der Waals surface area contributed by atoms with Crippen LogP contribution < -0.4 is 0 Å². The van der Waals surface area contributed by atoms with Gasteiger partial charge in [0.2, 0.25) is 0 Å². The van der Waals surface area contributed by atoms with Crippen LogP contribution in [0.3, 0.4) is 0 Å². The highest BCUT2D eigenvalue weighted by Gasteiger charge is 2.23. The summed E-state index contributed by atoms with van der Waals surface area (Å²) in [7, 11) is 0. The molecule has 0 N–H and O–H groups in total. The fourth-order valence-electron chi connectivity index (χ4n) is 2.28. The first-order chi connectivity index (χ1) is 12.1. The lowest BCUT2D eigenvalue weighted by Gasteiger charge is -2.23. The molecule has 26 heavy (non-hydrogen) atoms. The van der Waals surface area contributed by atoms with Crippen molar-refractivity contribution in [2.45, 2.75) is 72.3 Å². The number of ether oxygens (including phenoxy) is 1. The van der Waals surface area contributed by atoms with Crippen molar-refractivity contribution < 1.29 is 14.3 Å². The monoisotopic (exact) mass is 379 g/mol. The lowest BCUT2D eigenvalue weighted by molar-refractivity contribution is -0.160. The molecular formula is C21H30ClNO3. The third-order valence-corrected chi connectivity index (χ3v) is 3.72. The van der Waals surface area contributed by atoms with Crippen molar-refractivity contribution in [3.8, 4) is 6.07 Å². The zero-order valence-electron chi connectivity index (χ0n) is 16.5. The number of nitrogens with zero attached hydrogens (tertiary/aromatic N) is 1. The van der Waals surface area contributed by atoms with Crippen molar-refractivity contribution in [2.24, 2.45) is 5.92 Å². The maximum absolute atomic E-state index is 11.8. The molecule has 5 heteroatoms. The van der Waals surface area contributed by atoms with Crippen LogP contribution in [0.4, 0.5) is 0 Å². The molecule has 0 heterocycles. The van der Waals surface area contributed by atoms with E-state index in [1.54, 1.807) is 18.2 Å². The first-order valence-electron chi connectivity index (χ1n) is 9.07. The van der Waals surface area contributed by atoms with E-state index in [0.29, 0.717) is 11.1 Å². The molecule has 1 aromatic carbocycles. The second-order valence-corrected chi connectivity index (χ2v) is 7.47. The molecule has 0 aromatic heterocycles. The van der Waals surface area contributed by atoms with Crippen molar-refractivity contribution in [1.82, 2.24) is 0 Å². The second kappa shape index (κ2) is 12.5. The van der Waals surface area contributed by atoms with Crippen LogP contribution in [0, 0.1) is 17.2 Å². The van der Waals surface area contributed by atoms with Gasteiger partial charge >= 0.3 is 5.97 Å². The highest BCUT2D eigenvalue weighted by atomic mass is 35.5. The summed E-state index contributed by atoms with van der Waals surface area (Å²) in [6.45, 7) is 10.0. The summed E-state index contributed by atoms with van der Waals surface area (Å²) in [5, 5.41) is 7.90. The number of hydrogen-bond acceptors (Lipinski definition) is 4. The summed E-state index contributed by atoms with van der Waals surface area (Å²) < 4.78 is 5.41. The lowest BCUT2D eigenvalue weighted by atomic mass is 9.97. The Bertz CT molecular complexity index is 614. The van der Waals surface area contributed by atoms with Crippen LogP contribution >= 0.6 is 11.6 Å². The van der Waals surface area contributed by atoms with Gasteiger partial charge in [0, 0.05) is 5.56 Å². The van der Waals surface area contributed by atoms with E-state index in [4.69, 9.17) is 21.6 Å². The van der Waals surface area contributed by atoms with Crippen molar-refractivity contribution >= 4 is 22.8 Å². The quantitative estimate of drug-likeness (QED) is 0.438. The Morgan fingerprint density at radius 2 is 1.85 bits per heavy atom. The summed E-state index contributed by atoms with van der Waals surface area (Å²) in [5.41, 5.74) is 0.442. The molecule has 0 aliphatic rings. The molecule has 0 amide bonds. The van der Waals surface area contributed by atoms with Gasteiger partial charge in [-0.05, 0) is 57.3 Å². The Morgan fingerprint density at radius 1 is 1.19 bits per heavy atom. The maximum atomic E-state index is 11.8. The number of halogens is 1. The third-order valence-electron chi connectivity index (χ3n) is 3.50. The van der Waals surface area contributed by atoms with Crippen LogP contribution in [0.25, 0.3) is 0 Å². The number of nitriles is 1. The van der Waals surface area contributed by atoms with Crippen molar-refractivity contribution in [2.75, 3.05) is 0 Å².